The lowest BCUT2D eigenvalue weighted by Gasteiger charge is -2.26. The lowest BCUT2D eigenvalue weighted by molar-refractivity contribution is 0.631. The molecule has 1 aliphatic rings. The highest BCUT2D eigenvalue weighted by atomic mass is 15.3. The van der Waals surface area contributed by atoms with Crippen LogP contribution in [0, 0.1) is 11.3 Å². The molecule has 1 N–H and O–H groups in total. The van der Waals surface area contributed by atoms with E-state index in [4.69, 9.17) is 5.26 Å². The van der Waals surface area contributed by atoms with Gasteiger partial charge in [-0.05, 0) is 26.0 Å². The molecule has 0 aromatic carbocycles. The van der Waals surface area contributed by atoms with Gasteiger partial charge in [0.2, 0.25) is 5.95 Å². The third kappa shape index (κ3) is 2.12. The quantitative estimate of drug-likeness (QED) is 0.800. The van der Waals surface area contributed by atoms with Crippen LogP contribution < -0.4 is 10.2 Å². The maximum Gasteiger partial charge on any atom is 0.226 e. The fourth-order valence-electron chi connectivity index (χ4n) is 2.02. The van der Waals surface area contributed by atoms with Crippen molar-refractivity contribution in [1.82, 2.24) is 15.3 Å². The van der Waals surface area contributed by atoms with E-state index in [0.717, 1.165) is 26.1 Å². The maximum atomic E-state index is 8.81. The molecule has 0 spiro atoms. The Balaban J connectivity index is 2.22. The summed E-state index contributed by atoms with van der Waals surface area (Å²) in [6, 6.07) is 4.12. The normalized spacial score (nSPS) is 19.4. The number of anilines is 1. The standard InChI is InChI=1S/C11H15N5/c1-2-16(10-4-5-13-8-10)11-14-6-3-9(7-12)15-11/h3,6,10,13H,2,4-5,8H2,1H3. The van der Waals surface area contributed by atoms with Gasteiger partial charge in [0.15, 0.2) is 0 Å². The molecule has 16 heavy (non-hydrogen) atoms. The van der Waals surface area contributed by atoms with E-state index >= 15 is 0 Å². The summed E-state index contributed by atoms with van der Waals surface area (Å²) >= 11 is 0. The second-order valence-electron chi connectivity index (χ2n) is 3.79. The van der Waals surface area contributed by atoms with Gasteiger partial charge in [0, 0.05) is 25.3 Å². The predicted octanol–water partition coefficient (Wildman–Crippen LogP) is 0.536. The van der Waals surface area contributed by atoms with E-state index in [9.17, 15) is 0 Å². The smallest absolute Gasteiger partial charge is 0.226 e. The molecule has 0 saturated carbocycles. The lowest BCUT2D eigenvalue weighted by Crippen LogP contribution is -2.38. The van der Waals surface area contributed by atoms with E-state index in [1.807, 2.05) is 6.07 Å². The second-order valence-corrected chi connectivity index (χ2v) is 3.79. The summed E-state index contributed by atoms with van der Waals surface area (Å²) in [5, 5.41) is 12.1. The minimum absolute atomic E-state index is 0.425. The molecule has 0 amide bonds. The van der Waals surface area contributed by atoms with Gasteiger partial charge in [0.1, 0.15) is 11.8 Å². The Bertz CT molecular complexity index is 392. The summed E-state index contributed by atoms with van der Waals surface area (Å²) in [5.74, 6) is 0.662. The topological polar surface area (TPSA) is 64.8 Å². The molecule has 1 aromatic rings. The monoisotopic (exact) mass is 217 g/mol. The summed E-state index contributed by atoms with van der Waals surface area (Å²) in [7, 11) is 0. The number of nitrogens with one attached hydrogen (secondary N) is 1. The van der Waals surface area contributed by atoms with E-state index in [2.05, 4.69) is 27.1 Å². The molecular weight excluding hydrogens is 202 g/mol. The molecule has 0 bridgehead atoms. The van der Waals surface area contributed by atoms with Crippen molar-refractivity contribution in [2.75, 3.05) is 24.5 Å². The Morgan fingerprint density at radius 2 is 2.56 bits per heavy atom. The second kappa shape index (κ2) is 4.90. The average Bonchev–Trinajstić information content (AvgIpc) is 2.84. The van der Waals surface area contributed by atoms with Crippen LogP contribution in [-0.2, 0) is 0 Å². The molecule has 0 radical (unpaired) electrons. The highest BCUT2D eigenvalue weighted by Gasteiger charge is 2.23. The van der Waals surface area contributed by atoms with Crippen LogP contribution in [0.2, 0.25) is 0 Å². The fraction of sp³-hybridized carbons (Fsp3) is 0.545. The zero-order chi connectivity index (χ0) is 11.4. The van der Waals surface area contributed by atoms with Crippen LogP contribution in [0.3, 0.4) is 0 Å². The summed E-state index contributed by atoms with van der Waals surface area (Å²) < 4.78 is 0. The van der Waals surface area contributed by atoms with Gasteiger partial charge in [0.05, 0.1) is 0 Å². The van der Waals surface area contributed by atoms with Crippen LogP contribution in [0.1, 0.15) is 19.0 Å². The zero-order valence-electron chi connectivity index (χ0n) is 9.35. The van der Waals surface area contributed by atoms with Crippen molar-refractivity contribution < 1.29 is 0 Å². The molecule has 1 aliphatic heterocycles. The van der Waals surface area contributed by atoms with Crippen molar-refractivity contribution in [3.8, 4) is 6.07 Å². The molecule has 1 fully saturated rings. The third-order valence-electron chi connectivity index (χ3n) is 2.83. The van der Waals surface area contributed by atoms with E-state index < -0.39 is 0 Å². The molecule has 1 saturated heterocycles. The largest absolute Gasteiger partial charge is 0.337 e. The Labute approximate surface area is 95.1 Å². The van der Waals surface area contributed by atoms with Crippen molar-refractivity contribution in [2.24, 2.45) is 0 Å². The molecule has 5 heteroatoms. The van der Waals surface area contributed by atoms with Crippen LogP contribution in [0.25, 0.3) is 0 Å². The number of hydrogen-bond donors (Lipinski definition) is 1. The van der Waals surface area contributed by atoms with Gasteiger partial charge in [-0.2, -0.15) is 5.26 Å². The summed E-state index contributed by atoms with van der Waals surface area (Å²) in [4.78, 5) is 10.6. The van der Waals surface area contributed by atoms with Crippen molar-refractivity contribution >= 4 is 5.95 Å². The summed E-state index contributed by atoms with van der Waals surface area (Å²) in [6.07, 6.45) is 2.75. The number of hydrogen-bond acceptors (Lipinski definition) is 5. The highest BCUT2D eigenvalue weighted by molar-refractivity contribution is 5.35. The van der Waals surface area contributed by atoms with E-state index in [1.165, 1.54) is 0 Å². The van der Waals surface area contributed by atoms with Gasteiger partial charge in [0.25, 0.3) is 0 Å². The minimum atomic E-state index is 0.425. The van der Waals surface area contributed by atoms with Crippen molar-refractivity contribution in [3.63, 3.8) is 0 Å². The first-order chi connectivity index (χ1) is 7.85. The highest BCUT2D eigenvalue weighted by Crippen LogP contribution is 2.15. The number of likely N-dealkylation sites (N-methyl/N-ethyl adjacent to an activating group) is 1. The van der Waals surface area contributed by atoms with Crippen LogP contribution in [0.4, 0.5) is 5.95 Å². The first kappa shape index (κ1) is 10.8. The van der Waals surface area contributed by atoms with Crippen LogP contribution >= 0.6 is 0 Å². The average molecular weight is 217 g/mol. The molecule has 2 heterocycles. The van der Waals surface area contributed by atoms with Crippen LogP contribution in [0.15, 0.2) is 12.3 Å². The molecular formula is C11H15N5. The molecule has 1 atom stereocenters. The SMILES string of the molecule is CCN(c1nccc(C#N)n1)C1CCNC1. The van der Waals surface area contributed by atoms with Gasteiger partial charge in [-0.1, -0.05) is 0 Å². The Kier molecular flexibility index (Phi) is 3.32. The number of aromatic nitrogens is 2. The van der Waals surface area contributed by atoms with Crippen molar-refractivity contribution in [2.45, 2.75) is 19.4 Å². The van der Waals surface area contributed by atoms with Crippen molar-refractivity contribution in [3.05, 3.63) is 18.0 Å². The maximum absolute atomic E-state index is 8.81. The predicted molar refractivity (Wildman–Crippen MR) is 61.0 cm³/mol. The van der Waals surface area contributed by atoms with E-state index in [-0.39, 0.29) is 0 Å². The molecule has 0 aliphatic carbocycles. The molecule has 5 nitrogen and oxygen atoms in total. The third-order valence-corrected chi connectivity index (χ3v) is 2.83. The zero-order valence-corrected chi connectivity index (χ0v) is 9.35. The van der Waals surface area contributed by atoms with Crippen molar-refractivity contribution in [1.29, 1.82) is 5.26 Å². The van der Waals surface area contributed by atoms with Crippen LogP contribution in [0.5, 0.6) is 0 Å². The molecule has 84 valence electrons. The minimum Gasteiger partial charge on any atom is -0.337 e. The van der Waals surface area contributed by atoms with E-state index in [0.29, 0.717) is 17.7 Å². The molecule has 1 aromatic heterocycles. The van der Waals surface area contributed by atoms with Gasteiger partial charge >= 0.3 is 0 Å². The fourth-order valence-corrected chi connectivity index (χ4v) is 2.02. The van der Waals surface area contributed by atoms with Gasteiger partial charge in [-0.15, -0.1) is 0 Å². The first-order valence-electron chi connectivity index (χ1n) is 5.55. The van der Waals surface area contributed by atoms with Gasteiger partial charge in [-0.25, -0.2) is 9.97 Å². The molecule has 2 rings (SSSR count). The lowest BCUT2D eigenvalue weighted by atomic mass is 10.2. The number of nitriles is 1. The van der Waals surface area contributed by atoms with Gasteiger partial charge < -0.3 is 10.2 Å². The van der Waals surface area contributed by atoms with Gasteiger partial charge in [-0.3, -0.25) is 0 Å². The summed E-state index contributed by atoms with van der Waals surface area (Å²) in [6.45, 7) is 4.95. The number of nitrogens with zero attached hydrogens (tertiary/aromatic N) is 4. The Hall–Kier alpha value is -1.67. The van der Waals surface area contributed by atoms with Crippen LogP contribution in [-0.4, -0.2) is 35.6 Å². The summed E-state index contributed by atoms with van der Waals surface area (Å²) in [5.41, 5.74) is 0.425. The first-order valence-corrected chi connectivity index (χ1v) is 5.55. The van der Waals surface area contributed by atoms with E-state index in [1.54, 1.807) is 12.3 Å². The number of rotatable bonds is 3. The molecule has 1 unspecified atom stereocenters. The Morgan fingerprint density at radius 1 is 1.69 bits per heavy atom. The Morgan fingerprint density at radius 3 is 3.19 bits per heavy atom.